The summed E-state index contributed by atoms with van der Waals surface area (Å²) in [5, 5.41) is 4.35. The SMILES string of the molecule is Cc1nn(C)c(C)c1/C=C/C(=O)O[C@@H](c1ccccc1)c1ccccn1. The van der Waals surface area contributed by atoms with Crippen molar-refractivity contribution in [2.75, 3.05) is 0 Å². The van der Waals surface area contributed by atoms with Crippen molar-refractivity contribution in [1.82, 2.24) is 14.8 Å². The zero-order valence-corrected chi connectivity index (χ0v) is 15.1. The van der Waals surface area contributed by atoms with Crippen LogP contribution >= 0.6 is 0 Å². The number of nitrogens with zero attached hydrogens (tertiary/aromatic N) is 3. The minimum atomic E-state index is -0.550. The van der Waals surface area contributed by atoms with Crippen LogP contribution in [0.25, 0.3) is 6.08 Å². The van der Waals surface area contributed by atoms with Gasteiger partial charge in [0.25, 0.3) is 0 Å². The number of aryl methyl sites for hydroxylation is 2. The molecule has 26 heavy (non-hydrogen) atoms. The molecule has 0 fully saturated rings. The van der Waals surface area contributed by atoms with Crippen molar-refractivity contribution in [1.29, 1.82) is 0 Å². The van der Waals surface area contributed by atoms with E-state index < -0.39 is 12.1 Å². The number of carbonyl (C=O) groups excluding carboxylic acids is 1. The summed E-state index contributed by atoms with van der Waals surface area (Å²) >= 11 is 0. The molecule has 1 aromatic carbocycles. The van der Waals surface area contributed by atoms with Gasteiger partial charge in [-0.25, -0.2) is 4.79 Å². The van der Waals surface area contributed by atoms with E-state index in [0.29, 0.717) is 5.69 Å². The third-order valence-corrected chi connectivity index (χ3v) is 4.24. The molecular weight excluding hydrogens is 326 g/mol. The number of ether oxygens (including phenoxy) is 1. The monoisotopic (exact) mass is 347 g/mol. The molecule has 3 rings (SSSR count). The molecule has 132 valence electrons. The summed E-state index contributed by atoms with van der Waals surface area (Å²) in [7, 11) is 1.88. The summed E-state index contributed by atoms with van der Waals surface area (Å²) in [6.45, 7) is 3.88. The van der Waals surface area contributed by atoms with Crippen LogP contribution in [0, 0.1) is 13.8 Å². The van der Waals surface area contributed by atoms with E-state index in [9.17, 15) is 4.79 Å². The van der Waals surface area contributed by atoms with E-state index in [1.165, 1.54) is 6.08 Å². The first kappa shape index (κ1) is 17.6. The largest absolute Gasteiger partial charge is 0.448 e. The van der Waals surface area contributed by atoms with Crippen LogP contribution in [0.3, 0.4) is 0 Å². The number of hydrogen-bond acceptors (Lipinski definition) is 4. The van der Waals surface area contributed by atoms with Gasteiger partial charge < -0.3 is 4.74 Å². The van der Waals surface area contributed by atoms with Gasteiger partial charge in [-0.15, -0.1) is 0 Å². The van der Waals surface area contributed by atoms with Crippen molar-refractivity contribution in [2.45, 2.75) is 20.0 Å². The van der Waals surface area contributed by atoms with Gasteiger partial charge in [-0.2, -0.15) is 5.10 Å². The van der Waals surface area contributed by atoms with Gasteiger partial charge in [-0.05, 0) is 37.6 Å². The molecule has 0 radical (unpaired) electrons. The Morgan fingerprint density at radius 1 is 1.12 bits per heavy atom. The molecule has 2 aromatic heterocycles. The highest BCUT2D eigenvalue weighted by Crippen LogP contribution is 2.24. The Hall–Kier alpha value is -3.21. The van der Waals surface area contributed by atoms with E-state index in [0.717, 1.165) is 22.5 Å². The van der Waals surface area contributed by atoms with Gasteiger partial charge in [0.15, 0.2) is 6.10 Å². The maximum Gasteiger partial charge on any atom is 0.331 e. The molecule has 0 N–H and O–H groups in total. The second-order valence-electron chi connectivity index (χ2n) is 6.02. The van der Waals surface area contributed by atoms with Crippen molar-refractivity contribution < 1.29 is 9.53 Å². The first-order chi connectivity index (χ1) is 12.6. The third kappa shape index (κ3) is 3.88. The van der Waals surface area contributed by atoms with Crippen LogP contribution in [0.4, 0.5) is 0 Å². The average Bonchev–Trinajstić information content (AvgIpc) is 2.91. The van der Waals surface area contributed by atoms with Crippen LogP contribution in [0.5, 0.6) is 0 Å². The smallest absolute Gasteiger partial charge is 0.331 e. The lowest BCUT2D eigenvalue weighted by Crippen LogP contribution is -2.12. The van der Waals surface area contributed by atoms with E-state index in [1.54, 1.807) is 17.0 Å². The van der Waals surface area contributed by atoms with E-state index in [2.05, 4.69) is 10.1 Å². The van der Waals surface area contributed by atoms with Gasteiger partial charge >= 0.3 is 5.97 Å². The lowest BCUT2D eigenvalue weighted by molar-refractivity contribution is -0.141. The fraction of sp³-hybridized carbons (Fsp3) is 0.190. The lowest BCUT2D eigenvalue weighted by atomic mass is 10.1. The summed E-state index contributed by atoms with van der Waals surface area (Å²) in [5.74, 6) is -0.424. The van der Waals surface area contributed by atoms with Gasteiger partial charge in [0.1, 0.15) is 0 Å². The predicted octanol–water partition coefficient (Wildman–Crippen LogP) is 3.78. The normalized spacial score (nSPS) is 12.3. The molecule has 2 heterocycles. The molecule has 5 nitrogen and oxygen atoms in total. The number of rotatable bonds is 5. The highest BCUT2D eigenvalue weighted by Gasteiger charge is 2.19. The molecule has 0 amide bonds. The first-order valence-electron chi connectivity index (χ1n) is 8.41. The minimum absolute atomic E-state index is 0.424. The number of benzene rings is 1. The average molecular weight is 347 g/mol. The molecule has 0 aliphatic carbocycles. The first-order valence-corrected chi connectivity index (χ1v) is 8.41. The molecule has 0 aliphatic rings. The molecule has 3 aromatic rings. The maximum atomic E-state index is 12.4. The van der Waals surface area contributed by atoms with Crippen molar-refractivity contribution in [2.24, 2.45) is 7.05 Å². The molecule has 0 unspecified atom stereocenters. The van der Waals surface area contributed by atoms with Crippen LogP contribution < -0.4 is 0 Å². The molecule has 0 saturated carbocycles. The van der Waals surface area contributed by atoms with Crippen LogP contribution in [0.1, 0.15) is 34.3 Å². The molecule has 5 heteroatoms. The Bertz CT molecular complexity index is 876. The molecule has 0 saturated heterocycles. The minimum Gasteiger partial charge on any atom is -0.448 e. The fourth-order valence-electron chi connectivity index (χ4n) is 2.80. The van der Waals surface area contributed by atoms with Crippen LogP contribution in [0.15, 0.2) is 60.8 Å². The quantitative estimate of drug-likeness (QED) is 0.521. The zero-order chi connectivity index (χ0) is 18.5. The summed E-state index contributed by atoms with van der Waals surface area (Å²) in [6.07, 6.45) is 4.33. The van der Waals surface area contributed by atoms with Crippen LogP contribution in [-0.4, -0.2) is 20.7 Å². The summed E-state index contributed by atoms with van der Waals surface area (Å²) in [4.78, 5) is 16.8. The fourth-order valence-corrected chi connectivity index (χ4v) is 2.80. The highest BCUT2D eigenvalue weighted by atomic mass is 16.5. The molecule has 0 bridgehead atoms. The van der Waals surface area contributed by atoms with E-state index in [1.807, 2.05) is 69.4 Å². The second-order valence-corrected chi connectivity index (χ2v) is 6.02. The predicted molar refractivity (Wildman–Crippen MR) is 100 cm³/mol. The summed E-state index contributed by atoms with van der Waals surface area (Å²) < 4.78 is 7.51. The number of esters is 1. The Kier molecular flexibility index (Phi) is 5.27. The second kappa shape index (κ2) is 7.78. The zero-order valence-electron chi connectivity index (χ0n) is 15.1. The third-order valence-electron chi connectivity index (χ3n) is 4.24. The van der Waals surface area contributed by atoms with E-state index >= 15 is 0 Å². The van der Waals surface area contributed by atoms with Crippen LogP contribution in [0.2, 0.25) is 0 Å². The number of aromatic nitrogens is 3. The highest BCUT2D eigenvalue weighted by molar-refractivity contribution is 5.87. The Morgan fingerprint density at radius 2 is 1.85 bits per heavy atom. The Morgan fingerprint density at radius 3 is 2.46 bits per heavy atom. The molecular formula is C21H21N3O2. The number of hydrogen-bond donors (Lipinski definition) is 0. The Labute approximate surface area is 153 Å². The van der Waals surface area contributed by atoms with Crippen LogP contribution in [-0.2, 0) is 16.6 Å². The van der Waals surface area contributed by atoms with Crippen molar-refractivity contribution >= 4 is 12.0 Å². The van der Waals surface area contributed by atoms with Gasteiger partial charge in [0.2, 0.25) is 0 Å². The number of pyridine rings is 1. The van der Waals surface area contributed by atoms with Gasteiger partial charge in [0, 0.05) is 30.6 Å². The topological polar surface area (TPSA) is 57.0 Å². The van der Waals surface area contributed by atoms with Gasteiger partial charge in [-0.1, -0.05) is 36.4 Å². The van der Waals surface area contributed by atoms with Crippen molar-refractivity contribution in [3.63, 3.8) is 0 Å². The maximum absolute atomic E-state index is 12.4. The lowest BCUT2D eigenvalue weighted by Gasteiger charge is -2.16. The molecule has 1 atom stereocenters. The molecule has 0 spiro atoms. The van der Waals surface area contributed by atoms with E-state index in [-0.39, 0.29) is 0 Å². The van der Waals surface area contributed by atoms with Gasteiger partial charge in [-0.3, -0.25) is 9.67 Å². The van der Waals surface area contributed by atoms with E-state index in [4.69, 9.17) is 4.74 Å². The summed E-state index contributed by atoms with van der Waals surface area (Å²) in [5.41, 5.74) is 4.36. The number of carbonyl (C=O) groups is 1. The van der Waals surface area contributed by atoms with Crippen molar-refractivity contribution in [3.05, 3.63) is 89.0 Å². The standard InChI is InChI=1S/C21H21N3O2/c1-15-18(16(2)24(3)23-15)12-13-20(25)26-21(17-9-5-4-6-10-17)19-11-7-8-14-22-19/h4-14,21H,1-3H3/b13-12+/t21-/m0/s1. The molecule has 0 aliphatic heterocycles. The Balaban J connectivity index is 1.83. The summed E-state index contributed by atoms with van der Waals surface area (Å²) in [6, 6.07) is 15.2. The van der Waals surface area contributed by atoms with Gasteiger partial charge in [0.05, 0.1) is 11.4 Å². The van der Waals surface area contributed by atoms with Crippen molar-refractivity contribution in [3.8, 4) is 0 Å².